The van der Waals surface area contributed by atoms with E-state index >= 15 is 0 Å². The summed E-state index contributed by atoms with van der Waals surface area (Å²) in [4.78, 5) is 26.5. The van der Waals surface area contributed by atoms with E-state index in [0.717, 1.165) is 36.3 Å². The van der Waals surface area contributed by atoms with Crippen LogP contribution in [0.3, 0.4) is 0 Å². The molecule has 3 rings (SSSR count). The standard InChI is InChI=1S/C20H28N2O4/c1-19(2,3)26-18(24)22-10-11-25-16-7-6-15(12-14(16)13-22)21-17(23)20(4)8-5-9-20/h6-7,12H,5,8-11,13H2,1-4H3,(H,21,23). The van der Waals surface area contributed by atoms with E-state index in [0.29, 0.717) is 19.7 Å². The summed E-state index contributed by atoms with van der Waals surface area (Å²) < 4.78 is 11.2. The Morgan fingerprint density at radius 3 is 2.62 bits per heavy atom. The number of hydrogen-bond donors (Lipinski definition) is 1. The predicted octanol–water partition coefficient (Wildman–Crippen LogP) is 3.94. The molecular formula is C20H28N2O4. The summed E-state index contributed by atoms with van der Waals surface area (Å²) in [6.07, 6.45) is 2.61. The van der Waals surface area contributed by atoms with Crippen molar-refractivity contribution in [2.24, 2.45) is 5.41 Å². The van der Waals surface area contributed by atoms with Crippen molar-refractivity contribution >= 4 is 17.7 Å². The first-order valence-electron chi connectivity index (χ1n) is 9.21. The van der Waals surface area contributed by atoms with Crippen LogP contribution in [0.2, 0.25) is 0 Å². The van der Waals surface area contributed by atoms with Crippen LogP contribution >= 0.6 is 0 Å². The maximum atomic E-state index is 12.5. The molecule has 6 heteroatoms. The van der Waals surface area contributed by atoms with Crippen LogP contribution < -0.4 is 10.1 Å². The number of hydrogen-bond acceptors (Lipinski definition) is 4. The molecule has 2 amide bonds. The molecule has 1 aliphatic heterocycles. The lowest BCUT2D eigenvalue weighted by Crippen LogP contribution is -2.39. The van der Waals surface area contributed by atoms with Crippen LogP contribution in [-0.2, 0) is 16.1 Å². The fraction of sp³-hybridized carbons (Fsp3) is 0.600. The van der Waals surface area contributed by atoms with Gasteiger partial charge in [0.1, 0.15) is 18.0 Å². The van der Waals surface area contributed by atoms with E-state index in [9.17, 15) is 9.59 Å². The Labute approximate surface area is 154 Å². The first-order chi connectivity index (χ1) is 12.2. The van der Waals surface area contributed by atoms with Gasteiger partial charge >= 0.3 is 6.09 Å². The molecule has 26 heavy (non-hydrogen) atoms. The average Bonchev–Trinajstić information content (AvgIpc) is 2.72. The minimum Gasteiger partial charge on any atom is -0.491 e. The molecule has 0 aromatic heterocycles. The van der Waals surface area contributed by atoms with Gasteiger partial charge in [-0.15, -0.1) is 0 Å². The molecule has 0 unspecified atom stereocenters. The van der Waals surface area contributed by atoms with Crippen LogP contribution in [0.25, 0.3) is 0 Å². The van der Waals surface area contributed by atoms with Crippen LogP contribution in [0, 0.1) is 5.41 Å². The maximum absolute atomic E-state index is 12.5. The third kappa shape index (κ3) is 4.11. The highest BCUT2D eigenvalue weighted by atomic mass is 16.6. The quantitative estimate of drug-likeness (QED) is 0.867. The Bertz CT molecular complexity index is 704. The summed E-state index contributed by atoms with van der Waals surface area (Å²) in [5.74, 6) is 0.797. The molecular weight excluding hydrogens is 332 g/mol. The number of carbonyl (C=O) groups excluding carboxylic acids is 2. The van der Waals surface area contributed by atoms with Crippen molar-refractivity contribution in [3.63, 3.8) is 0 Å². The molecule has 0 spiro atoms. The normalized spacial score (nSPS) is 18.7. The third-order valence-corrected chi connectivity index (χ3v) is 4.96. The zero-order valence-electron chi connectivity index (χ0n) is 16.1. The highest BCUT2D eigenvalue weighted by Crippen LogP contribution is 2.41. The monoisotopic (exact) mass is 360 g/mol. The largest absolute Gasteiger partial charge is 0.491 e. The first-order valence-corrected chi connectivity index (χ1v) is 9.21. The maximum Gasteiger partial charge on any atom is 0.410 e. The summed E-state index contributed by atoms with van der Waals surface area (Å²) in [5.41, 5.74) is 0.800. The van der Waals surface area contributed by atoms with Crippen molar-refractivity contribution in [1.82, 2.24) is 4.90 Å². The van der Waals surface area contributed by atoms with E-state index in [4.69, 9.17) is 9.47 Å². The van der Waals surface area contributed by atoms with Gasteiger partial charge in [0.05, 0.1) is 13.1 Å². The number of carbonyl (C=O) groups is 2. The zero-order chi connectivity index (χ0) is 18.9. The Balaban J connectivity index is 1.73. The van der Waals surface area contributed by atoms with Crippen molar-refractivity contribution in [2.45, 2.75) is 59.1 Å². The molecule has 1 heterocycles. The Kier molecular flexibility index (Phi) is 4.86. The van der Waals surface area contributed by atoms with Crippen molar-refractivity contribution in [1.29, 1.82) is 0 Å². The van der Waals surface area contributed by atoms with Gasteiger partial charge in [0.25, 0.3) is 0 Å². The number of nitrogens with one attached hydrogen (secondary N) is 1. The van der Waals surface area contributed by atoms with Crippen molar-refractivity contribution in [3.8, 4) is 5.75 Å². The number of amides is 2. The molecule has 1 fully saturated rings. The van der Waals surface area contributed by atoms with Crippen LogP contribution in [0.5, 0.6) is 5.75 Å². The van der Waals surface area contributed by atoms with Crippen molar-refractivity contribution in [2.75, 3.05) is 18.5 Å². The third-order valence-electron chi connectivity index (χ3n) is 4.96. The second-order valence-electron chi connectivity index (χ2n) is 8.44. The van der Waals surface area contributed by atoms with E-state index < -0.39 is 5.60 Å². The van der Waals surface area contributed by atoms with Crippen LogP contribution in [0.1, 0.15) is 52.5 Å². The number of nitrogens with zero attached hydrogens (tertiary/aromatic N) is 1. The number of fused-ring (bicyclic) bond motifs is 1. The molecule has 1 aromatic carbocycles. The van der Waals surface area contributed by atoms with Gasteiger partial charge in [-0.3, -0.25) is 4.79 Å². The minimum atomic E-state index is -0.541. The summed E-state index contributed by atoms with van der Waals surface area (Å²) in [5, 5.41) is 3.01. The number of anilines is 1. The van der Waals surface area contributed by atoms with Gasteiger partial charge in [-0.2, -0.15) is 0 Å². The molecule has 0 atom stereocenters. The summed E-state index contributed by atoms with van der Waals surface area (Å²) in [6, 6.07) is 5.59. The lowest BCUT2D eigenvalue weighted by molar-refractivity contribution is -0.128. The van der Waals surface area contributed by atoms with Gasteiger partial charge < -0.3 is 19.7 Å². The minimum absolute atomic E-state index is 0.0576. The number of benzene rings is 1. The van der Waals surface area contributed by atoms with E-state index in [1.807, 2.05) is 45.9 Å². The summed E-state index contributed by atoms with van der Waals surface area (Å²) in [7, 11) is 0. The number of ether oxygens (including phenoxy) is 2. The van der Waals surface area contributed by atoms with Gasteiger partial charge in [0, 0.05) is 16.7 Å². The fourth-order valence-corrected chi connectivity index (χ4v) is 3.17. The van der Waals surface area contributed by atoms with E-state index in [1.54, 1.807) is 4.90 Å². The number of rotatable bonds is 2. The topological polar surface area (TPSA) is 67.9 Å². The molecule has 1 N–H and O–H groups in total. The van der Waals surface area contributed by atoms with Crippen LogP contribution in [0.15, 0.2) is 18.2 Å². The molecule has 1 saturated carbocycles. The van der Waals surface area contributed by atoms with Gasteiger partial charge in [-0.25, -0.2) is 4.79 Å². The Morgan fingerprint density at radius 2 is 2.00 bits per heavy atom. The molecule has 0 radical (unpaired) electrons. The SMILES string of the molecule is CC(C)(C)OC(=O)N1CCOc2ccc(NC(=O)C3(C)CCC3)cc2C1. The van der Waals surface area contributed by atoms with Crippen LogP contribution in [0.4, 0.5) is 10.5 Å². The van der Waals surface area contributed by atoms with E-state index in [2.05, 4.69) is 5.32 Å². The highest BCUT2D eigenvalue weighted by molar-refractivity contribution is 5.95. The summed E-state index contributed by atoms with van der Waals surface area (Å²) >= 11 is 0. The molecule has 2 aliphatic rings. The summed E-state index contributed by atoms with van der Waals surface area (Å²) in [6.45, 7) is 8.82. The van der Waals surface area contributed by atoms with E-state index in [-0.39, 0.29) is 17.4 Å². The van der Waals surface area contributed by atoms with Crippen molar-refractivity contribution < 1.29 is 19.1 Å². The second kappa shape index (κ2) is 6.82. The molecule has 0 saturated heterocycles. The second-order valence-corrected chi connectivity index (χ2v) is 8.44. The molecule has 1 aromatic rings. The van der Waals surface area contributed by atoms with Crippen molar-refractivity contribution in [3.05, 3.63) is 23.8 Å². The highest BCUT2D eigenvalue weighted by Gasteiger charge is 2.39. The van der Waals surface area contributed by atoms with Crippen LogP contribution in [-0.4, -0.2) is 35.7 Å². The van der Waals surface area contributed by atoms with E-state index in [1.165, 1.54) is 0 Å². The fourth-order valence-electron chi connectivity index (χ4n) is 3.17. The molecule has 6 nitrogen and oxygen atoms in total. The zero-order valence-corrected chi connectivity index (χ0v) is 16.1. The Hall–Kier alpha value is -2.24. The molecule has 0 bridgehead atoms. The van der Waals surface area contributed by atoms with Gasteiger partial charge in [0.15, 0.2) is 0 Å². The molecule has 1 aliphatic carbocycles. The Morgan fingerprint density at radius 1 is 1.27 bits per heavy atom. The lowest BCUT2D eigenvalue weighted by atomic mass is 9.70. The van der Waals surface area contributed by atoms with Gasteiger partial charge in [0.2, 0.25) is 5.91 Å². The lowest BCUT2D eigenvalue weighted by Gasteiger charge is -2.36. The first kappa shape index (κ1) is 18.5. The smallest absolute Gasteiger partial charge is 0.410 e. The van der Waals surface area contributed by atoms with Gasteiger partial charge in [-0.05, 0) is 51.8 Å². The molecule has 142 valence electrons. The average molecular weight is 360 g/mol. The van der Waals surface area contributed by atoms with Gasteiger partial charge in [-0.1, -0.05) is 13.3 Å². The predicted molar refractivity (Wildman–Crippen MR) is 99.2 cm³/mol.